The van der Waals surface area contributed by atoms with Gasteiger partial charge in [0.2, 0.25) is 0 Å². The highest BCUT2D eigenvalue weighted by molar-refractivity contribution is 7.99. The summed E-state index contributed by atoms with van der Waals surface area (Å²) < 4.78 is 5.41. The van der Waals surface area contributed by atoms with Gasteiger partial charge in [0.05, 0.1) is 16.4 Å². The molecule has 0 aromatic carbocycles. The summed E-state index contributed by atoms with van der Waals surface area (Å²) in [6.45, 7) is 6.37. The molecule has 0 spiro atoms. The monoisotopic (exact) mass is 397 g/mol. The number of rotatable bonds is 6. The van der Waals surface area contributed by atoms with Gasteiger partial charge in [0.15, 0.2) is 6.29 Å². The van der Waals surface area contributed by atoms with Gasteiger partial charge in [-0.05, 0) is 39.2 Å². The van der Waals surface area contributed by atoms with Crippen LogP contribution in [0.15, 0.2) is 4.79 Å². The second-order valence-electron chi connectivity index (χ2n) is 6.31. The maximum Gasteiger partial charge on any atom is 0.259 e. The van der Waals surface area contributed by atoms with Gasteiger partial charge >= 0.3 is 0 Å². The predicted molar refractivity (Wildman–Crippen MR) is 103 cm³/mol. The van der Waals surface area contributed by atoms with E-state index in [1.807, 2.05) is 13.8 Å². The first-order valence-corrected chi connectivity index (χ1v) is 10.5. The van der Waals surface area contributed by atoms with Gasteiger partial charge in [-0.25, -0.2) is 15.3 Å². The summed E-state index contributed by atoms with van der Waals surface area (Å²) in [6.07, 6.45) is 2.48. The van der Waals surface area contributed by atoms with E-state index in [0.29, 0.717) is 23.6 Å². The zero-order valence-corrected chi connectivity index (χ0v) is 16.7. The molecule has 0 bridgehead atoms. The Morgan fingerprint density at radius 2 is 2.31 bits per heavy atom. The first-order chi connectivity index (χ1) is 12.5. The zero-order chi connectivity index (χ0) is 18.7. The molecule has 1 aliphatic heterocycles. The van der Waals surface area contributed by atoms with Crippen molar-refractivity contribution in [2.45, 2.75) is 57.3 Å². The van der Waals surface area contributed by atoms with Gasteiger partial charge in [0.1, 0.15) is 10.7 Å². The van der Waals surface area contributed by atoms with Crippen LogP contribution >= 0.6 is 23.1 Å². The largest absolute Gasteiger partial charge is 0.350 e. The molecule has 2 unspecified atom stereocenters. The minimum absolute atomic E-state index is 0.123. The normalized spacial score (nSPS) is 18.8. The Morgan fingerprint density at radius 3 is 3.04 bits per heavy atom. The summed E-state index contributed by atoms with van der Waals surface area (Å²) in [5, 5.41) is 0.319. The molecule has 2 aromatic heterocycles. The molecule has 26 heavy (non-hydrogen) atoms. The number of thioether (sulfide) groups is 1. The number of hydroxylamine groups is 1. The molecule has 3 heterocycles. The summed E-state index contributed by atoms with van der Waals surface area (Å²) in [4.78, 5) is 38.9. The van der Waals surface area contributed by atoms with E-state index in [1.165, 1.54) is 23.1 Å². The quantitative estimate of drug-likeness (QED) is 0.728. The Balaban J connectivity index is 1.55. The maximum atomic E-state index is 12.3. The van der Waals surface area contributed by atoms with Crippen LogP contribution in [0.25, 0.3) is 10.2 Å². The number of nitrogens with zero attached hydrogens (tertiary/aromatic N) is 1. The van der Waals surface area contributed by atoms with Crippen LogP contribution in [0.4, 0.5) is 0 Å². The van der Waals surface area contributed by atoms with E-state index in [4.69, 9.17) is 9.57 Å². The molecule has 1 saturated heterocycles. The van der Waals surface area contributed by atoms with Gasteiger partial charge < -0.3 is 9.72 Å². The molecule has 0 radical (unpaired) electrons. The summed E-state index contributed by atoms with van der Waals surface area (Å²) >= 11 is 2.91. The maximum absolute atomic E-state index is 12.3. The molecule has 1 fully saturated rings. The Bertz CT molecular complexity index is 842. The standard InChI is InChI=1S/C17H23N3O4S2/c1-9-10(2)26-17-14(9)16(22)18-12(19-17)8-25-11(3)15(21)20-24-13-6-4-5-7-23-13/h11,13H,4-8H2,1-3H3,(H,20,21)(H,18,19,22). The summed E-state index contributed by atoms with van der Waals surface area (Å²) in [5.41, 5.74) is 3.32. The predicted octanol–water partition coefficient (Wildman–Crippen LogP) is 2.80. The fourth-order valence-electron chi connectivity index (χ4n) is 2.66. The highest BCUT2D eigenvalue weighted by atomic mass is 32.2. The SMILES string of the molecule is Cc1sc2nc(CSC(C)C(=O)NOC3CCCCO3)[nH]c(=O)c2c1C. The molecule has 1 aliphatic rings. The average molecular weight is 398 g/mol. The van der Waals surface area contributed by atoms with E-state index in [1.54, 1.807) is 6.92 Å². The van der Waals surface area contributed by atoms with Crippen LogP contribution < -0.4 is 11.0 Å². The number of carbonyl (C=O) groups excluding carboxylic acids is 1. The van der Waals surface area contributed by atoms with Gasteiger partial charge in [-0.3, -0.25) is 9.59 Å². The number of aromatic amines is 1. The molecule has 7 nitrogen and oxygen atoms in total. The number of nitrogens with one attached hydrogen (secondary N) is 2. The Kier molecular flexibility index (Phi) is 6.33. The van der Waals surface area contributed by atoms with Crippen molar-refractivity contribution in [3.8, 4) is 0 Å². The third kappa shape index (κ3) is 4.46. The lowest BCUT2D eigenvalue weighted by Crippen LogP contribution is -2.37. The average Bonchev–Trinajstić information content (AvgIpc) is 2.92. The van der Waals surface area contributed by atoms with Crippen LogP contribution in [0, 0.1) is 13.8 Å². The van der Waals surface area contributed by atoms with Crippen molar-refractivity contribution in [1.29, 1.82) is 0 Å². The third-order valence-corrected chi connectivity index (χ3v) is 6.61. The van der Waals surface area contributed by atoms with Crippen LogP contribution in [0.3, 0.4) is 0 Å². The van der Waals surface area contributed by atoms with Crippen molar-refractivity contribution >= 4 is 39.2 Å². The number of aryl methyl sites for hydroxylation is 2. The minimum atomic E-state index is -0.365. The Hall–Kier alpha value is -1.42. The van der Waals surface area contributed by atoms with Gasteiger partial charge in [0.25, 0.3) is 11.5 Å². The number of ether oxygens (including phenoxy) is 1. The van der Waals surface area contributed by atoms with Gasteiger partial charge in [0, 0.05) is 17.9 Å². The van der Waals surface area contributed by atoms with Crippen LogP contribution in [-0.4, -0.2) is 34.0 Å². The molecule has 0 aliphatic carbocycles. The molecule has 0 saturated carbocycles. The number of fused-ring (bicyclic) bond motifs is 1. The van der Waals surface area contributed by atoms with E-state index in [0.717, 1.165) is 34.5 Å². The molecular formula is C17H23N3O4S2. The molecule has 2 aromatic rings. The van der Waals surface area contributed by atoms with Crippen molar-refractivity contribution in [1.82, 2.24) is 15.4 Å². The fraction of sp³-hybridized carbons (Fsp3) is 0.588. The van der Waals surface area contributed by atoms with Crippen LogP contribution in [0.5, 0.6) is 0 Å². The van der Waals surface area contributed by atoms with Gasteiger partial charge in [-0.1, -0.05) is 0 Å². The van der Waals surface area contributed by atoms with E-state index in [2.05, 4.69) is 15.4 Å². The summed E-state index contributed by atoms with van der Waals surface area (Å²) in [7, 11) is 0. The first-order valence-electron chi connectivity index (χ1n) is 8.63. The molecule has 1 amide bonds. The van der Waals surface area contributed by atoms with E-state index in [9.17, 15) is 9.59 Å². The Labute approximate surface area is 159 Å². The van der Waals surface area contributed by atoms with Crippen LogP contribution in [0.1, 0.15) is 42.5 Å². The topological polar surface area (TPSA) is 93.3 Å². The lowest BCUT2D eigenvalue weighted by atomic mass is 10.2. The van der Waals surface area contributed by atoms with Crippen molar-refractivity contribution in [3.05, 3.63) is 26.6 Å². The molecule has 2 N–H and O–H groups in total. The lowest BCUT2D eigenvalue weighted by molar-refractivity contribution is -0.200. The molecular weight excluding hydrogens is 374 g/mol. The molecule has 3 rings (SSSR count). The molecule has 9 heteroatoms. The number of hydrogen-bond donors (Lipinski definition) is 2. The second-order valence-corrected chi connectivity index (χ2v) is 8.84. The zero-order valence-electron chi connectivity index (χ0n) is 15.1. The number of carbonyl (C=O) groups is 1. The second kappa shape index (κ2) is 8.51. The fourth-order valence-corrected chi connectivity index (χ4v) is 4.45. The van der Waals surface area contributed by atoms with Crippen molar-refractivity contribution in [3.63, 3.8) is 0 Å². The molecule has 142 valence electrons. The first kappa shape index (κ1) is 19.3. The smallest absolute Gasteiger partial charge is 0.259 e. The number of H-pyrrole nitrogens is 1. The van der Waals surface area contributed by atoms with Crippen LogP contribution in [-0.2, 0) is 20.1 Å². The number of amides is 1. The lowest BCUT2D eigenvalue weighted by Gasteiger charge is -2.22. The number of aromatic nitrogens is 2. The number of hydrogen-bond acceptors (Lipinski definition) is 7. The van der Waals surface area contributed by atoms with Crippen molar-refractivity contribution in [2.24, 2.45) is 0 Å². The van der Waals surface area contributed by atoms with Crippen LogP contribution in [0.2, 0.25) is 0 Å². The molecule has 2 atom stereocenters. The van der Waals surface area contributed by atoms with Crippen molar-refractivity contribution in [2.75, 3.05) is 6.61 Å². The third-order valence-electron chi connectivity index (χ3n) is 4.36. The van der Waals surface area contributed by atoms with E-state index >= 15 is 0 Å². The van der Waals surface area contributed by atoms with Crippen molar-refractivity contribution < 1.29 is 14.4 Å². The van der Waals surface area contributed by atoms with Gasteiger partial charge in [-0.2, -0.15) is 0 Å². The van der Waals surface area contributed by atoms with E-state index < -0.39 is 0 Å². The highest BCUT2D eigenvalue weighted by Gasteiger charge is 2.19. The highest BCUT2D eigenvalue weighted by Crippen LogP contribution is 2.26. The van der Waals surface area contributed by atoms with Gasteiger partial charge in [-0.15, -0.1) is 23.1 Å². The van der Waals surface area contributed by atoms with E-state index in [-0.39, 0.29) is 23.0 Å². The number of thiophene rings is 1. The Morgan fingerprint density at radius 1 is 1.50 bits per heavy atom. The summed E-state index contributed by atoms with van der Waals surface area (Å²) in [6, 6.07) is 0. The minimum Gasteiger partial charge on any atom is -0.350 e. The summed E-state index contributed by atoms with van der Waals surface area (Å²) in [5.74, 6) is 0.788.